The molecule has 3 aromatic rings. The summed E-state index contributed by atoms with van der Waals surface area (Å²) in [6.45, 7) is 5.37. The van der Waals surface area contributed by atoms with Gasteiger partial charge in [-0.05, 0) is 76.0 Å². The highest BCUT2D eigenvalue weighted by molar-refractivity contribution is 9.10. The molecule has 1 aromatic heterocycles. The third-order valence-corrected chi connectivity index (χ3v) is 5.35. The standard InChI is InChI=1S/C20H21BrN4S.C4H11N/c21-17-9-10-19(24-13-17)25(12-4-11-23-20(22)26)14-16-7-3-6-15-5-1-2-8-18(15)16;1-2-3-4-5/h1-3,5-10,13H,4,11-12,14H2,(H3,22,23,26);2-5H2,1H3. The average molecular weight is 503 g/mol. The fourth-order valence-electron chi connectivity index (χ4n) is 3.15. The number of nitrogens with one attached hydrogen (secondary N) is 1. The van der Waals surface area contributed by atoms with Gasteiger partial charge in [0.2, 0.25) is 0 Å². The van der Waals surface area contributed by atoms with Crippen LogP contribution in [0.15, 0.2) is 65.3 Å². The number of halogens is 1. The van der Waals surface area contributed by atoms with Gasteiger partial charge >= 0.3 is 0 Å². The Bertz CT molecular complexity index is 925. The van der Waals surface area contributed by atoms with Gasteiger partial charge in [-0.1, -0.05) is 55.8 Å². The van der Waals surface area contributed by atoms with E-state index in [-0.39, 0.29) is 0 Å². The SMILES string of the molecule is CCCCN.NC(=S)NCCCN(Cc1cccc2ccccc12)c1ccc(Br)cn1. The normalized spacial score (nSPS) is 10.3. The summed E-state index contributed by atoms with van der Waals surface area (Å²) in [7, 11) is 0. The molecule has 0 saturated carbocycles. The molecule has 2 aromatic carbocycles. The smallest absolute Gasteiger partial charge is 0.163 e. The third-order valence-electron chi connectivity index (χ3n) is 4.74. The zero-order valence-electron chi connectivity index (χ0n) is 18.1. The van der Waals surface area contributed by atoms with E-state index >= 15 is 0 Å². The molecule has 0 unspecified atom stereocenters. The molecule has 0 amide bonds. The van der Waals surface area contributed by atoms with Crippen LogP contribution in [0.2, 0.25) is 0 Å². The molecule has 0 spiro atoms. The van der Waals surface area contributed by atoms with Crippen molar-refractivity contribution in [2.24, 2.45) is 11.5 Å². The van der Waals surface area contributed by atoms with Crippen LogP contribution in [0.1, 0.15) is 31.7 Å². The highest BCUT2D eigenvalue weighted by atomic mass is 79.9. The molecule has 5 nitrogen and oxygen atoms in total. The van der Waals surface area contributed by atoms with Gasteiger partial charge in [0.25, 0.3) is 0 Å². The van der Waals surface area contributed by atoms with Gasteiger partial charge in [-0.15, -0.1) is 0 Å². The van der Waals surface area contributed by atoms with Crippen molar-refractivity contribution in [2.45, 2.75) is 32.7 Å². The first-order valence-corrected chi connectivity index (χ1v) is 11.8. The molecule has 7 heteroatoms. The van der Waals surface area contributed by atoms with Gasteiger partial charge in [-0.2, -0.15) is 0 Å². The van der Waals surface area contributed by atoms with Gasteiger partial charge in [0.05, 0.1) is 0 Å². The summed E-state index contributed by atoms with van der Waals surface area (Å²) in [6, 6.07) is 19.0. The van der Waals surface area contributed by atoms with E-state index in [1.165, 1.54) is 29.2 Å². The fraction of sp³-hybridized carbons (Fsp3) is 0.333. The number of thiocarbonyl (C=S) groups is 1. The predicted molar refractivity (Wildman–Crippen MR) is 140 cm³/mol. The Morgan fingerprint density at radius 2 is 1.87 bits per heavy atom. The van der Waals surface area contributed by atoms with Crippen LogP contribution in [-0.4, -0.2) is 29.7 Å². The van der Waals surface area contributed by atoms with Crippen LogP contribution in [0.4, 0.5) is 5.82 Å². The fourth-order valence-corrected chi connectivity index (χ4v) is 3.49. The Balaban J connectivity index is 0.000000614. The molecule has 0 saturated heterocycles. The van der Waals surface area contributed by atoms with E-state index in [9.17, 15) is 0 Å². The van der Waals surface area contributed by atoms with E-state index in [0.29, 0.717) is 5.11 Å². The second-order valence-corrected chi connectivity index (χ2v) is 8.54. The van der Waals surface area contributed by atoms with Crippen LogP contribution in [0.5, 0.6) is 0 Å². The minimum atomic E-state index is 0.340. The molecule has 31 heavy (non-hydrogen) atoms. The van der Waals surface area contributed by atoms with Crippen molar-refractivity contribution in [2.75, 3.05) is 24.5 Å². The molecule has 0 aliphatic carbocycles. The second-order valence-electron chi connectivity index (χ2n) is 7.18. The van der Waals surface area contributed by atoms with E-state index in [0.717, 1.165) is 42.9 Å². The topological polar surface area (TPSA) is 80.2 Å². The first kappa shape index (κ1) is 25.0. The number of anilines is 1. The minimum absolute atomic E-state index is 0.340. The number of nitrogens with two attached hydrogens (primary N) is 2. The van der Waals surface area contributed by atoms with Gasteiger partial charge in [0, 0.05) is 30.3 Å². The quantitative estimate of drug-likeness (QED) is 0.283. The predicted octanol–water partition coefficient (Wildman–Crippen LogP) is 4.97. The first-order chi connectivity index (χ1) is 15.0. The number of hydrogen-bond donors (Lipinski definition) is 3. The summed E-state index contributed by atoms with van der Waals surface area (Å²) in [4.78, 5) is 6.86. The summed E-state index contributed by atoms with van der Waals surface area (Å²) in [5.74, 6) is 0.955. The highest BCUT2D eigenvalue weighted by Gasteiger charge is 2.11. The average Bonchev–Trinajstić information content (AvgIpc) is 2.77. The maximum Gasteiger partial charge on any atom is 0.163 e. The Hall–Kier alpha value is -2.22. The molecule has 0 radical (unpaired) electrons. The Kier molecular flexibility index (Phi) is 11.3. The molecular formula is C24H32BrN5S. The molecule has 0 bridgehead atoms. The van der Waals surface area contributed by atoms with Gasteiger partial charge in [-0.3, -0.25) is 0 Å². The molecule has 1 heterocycles. The van der Waals surface area contributed by atoms with Gasteiger partial charge in [-0.25, -0.2) is 4.98 Å². The highest BCUT2D eigenvalue weighted by Crippen LogP contribution is 2.23. The van der Waals surface area contributed by atoms with Crippen molar-refractivity contribution < 1.29 is 0 Å². The Labute approximate surface area is 199 Å². The molecule has 5 N–H and O–H groups in total. The molecule has 0 atom stereocenters. The van der Waals surface area contributed by atoms with E-state index in [1.807, 2.05) is 18.3 Å². The van der Waals surface area contributed by atoms with Crippen molar-refractivity contribution in [1.29, 1.82) is 0 Å². The van der Waals surface area contributed by atoms with Gasteiger partial charge in [0.15, 0.2) is 5.11 Å². The number of hydrogen-bond acceptors (Lipinski definition) is 4. The summed E-state index contributed by atoms with van der Waals surface area (Å²) >= 11 is 8.33. The monoisotopic (exact) mass is 501 g/mol. The number of unbranched alkanes of at least 4 members (excludes halogenated alkanes) is 1. The number of pyridine rings is 1. The molecular weight excluding hydrogens is 470 g/mol. The van der Waals surface area contributed by atoms with Crippen molar-refractivity contribution in [3.63, 3.8) is 0 Å². The largest absolute Gasteiger partial charge is 0.376 e. The molecule has 0 fully saturated rings. The minimum Gasteiger partial charge on any atom is -0.376 e. The van der Waals surface area contributed by atoms with Crippen LogP contribution < -0.4 is 21.7 Å². The zero-order chi connectivity index (χ0) is 22.5. The molecule has 166 valence electrons. The van der Waals surface area contributed by atoms with Crippen LogP contribution >= 0.6 is 28.1 Å². The number of fused-ring (bicyclic) bond motifs is 1. The molecule has 0 aliphatic rings. The van der Waals surface area contributed by atoms with Crippen molar-refractivity contribution >= 4 is 49.9 Å². The maximum absolute atomic E-state index is 5.51. The lowest BCUT2D eigenvalue weighted by Gasteiger charge is -2.25. The number of benzene rings is 2. The number of rotatable bonds is 9. The van der Waals surface area contributed by atoms with E-state index in [1.54, 1.807) is 0 Å². The number of aromatic nitrogens is 1. The van der Waals surface area contributed by atoms with Crippen LogP contribution in [0.3, 0.4) is 0 Å². The van der Waals surface area contributed by atoms with Crippen molar-refractivity contribution in [1.82, 2.24) is 10.3 Å². The van der Waals surface area contributed by atoms with Crippen LogP contribution in [-0.2, 0) is 6.54 Å². The molecule has 3 rings (SSSR count). The zero-order valence-corrected chi connectivity index (χ0v) is 20.5. The second kappa shape index (κ2) is 14.0. The Morgan fingerprint density at radius 3 is 2.52 bits per heavy atom. The molecule has 0 aliphatic heterocycles. The summed E-state index contributed by atoms with van der Waals surface area (Å²) in [5, 5.41) is 5.88. The third kappa shape index (κ3) is 8.81. The van der Waals surface area contributed by atoms with Gasteiger partial charge < -0.3 is 21.7 Å². The van der Waals surface area contributed by atoms with Crippen LogP contribution in [0, 0.1) is 0 Å². The summed E-state index contributed by atoms with van der Waals surface area (Å²) < 4.78 is 0.974. The summed E-state index contributed by atoms with van der Waals surface area (Å²) in [6.07, 6.45) is 5.13. The lowest BCUT2D eigenvalue weighted by Crippen LogP contribution is -2.33. The van der Waals surface area contributed by atoms with Crippen molar-refractivity contribution in [3.05, 3.63) is 70.8 Å². The maximum atomic E-state index is 5.51. The first-order valence-electron chi connectivity index (χ1n) is 10.6. The lowest BCUT2D eigenvalue weighted by atomic mass is 10.0. The number of nitrogens with zero attached hydrogens (tertiary/aromatic N) is 2. The van der Waals surface area contributed by atoms with E-state index in [2.05, 4.69) is 80.5 Å². The summed E-state index contributed by atoms with van der Waals surface area (Å²) in [5.41, 5.74) is 11.9. The van der Waals surface area contributed by atoms with E-state index < -0.39 is 0 Å². The van der Waals surface area contributed by atoms with Crippen LogP contribution in [0.25, 0.3) is 10.8 Å². The Morgan fingerprint density at radius 1 is 1.10 bits per heavy atom. The van der Waals surface area contributed by atoms with E-state index in [4.69, 9.17) is 23.7 Å². The van der Waals surface area contributed by atoms with Gasteiger partial charge in [0.1, 0.15) is 5.82 Å². The van der Waals surface area contributed by atoms with Crippen molar-refractivity contribution in [3.8, 4) is 0 Å². The lowest BCUT2D eigenvalue weighted by molar-refractivity contribution is 0.704.